The Labute approximate surface area is 115 Å². The van der Waals surface area contributed by atoms with E-state index in [1.165, 1.54) is 5.56 Å². The molecule has 0 bridgehead atoms. The molecule has 0 spiro atoms. The molecule has 2 rings (SSSR count). The highest BCUT2D eigenvalue weighted by atomic mass is 16.2. The molecule has 0 saturated carbocycles. The van der Waals surface area contributed by atoms with Gasteiger partial charge in [-0.15, -0.1) is 0 Å². The SMILES string of the molecule is CC(C)c1ccc(CNC(=O)C2(C)CCNC2)cc1. The normalized spacial score (nSPS) is 22.7. The second kappa shape index (κ2) is 5.74. The Morgan fingerprint density at radius 1 is 1.37 bits per heavy atom. The minimum absolute atomic E-state index is 0.158. The van der Waals surface area contributed by atoms with E-state index in [0.29, 0.717) is 12.5 Å². The second-order valence-electron chi connectivity index (χ2n) is 6.07. The third-order valence-corrected chi connectivity index (χ3v) is 4.02. The monoisotopic (exact) mass is 260 g/mol. The van der Waals surface area contributed by atoms with Gasteiger partial charge < -0.3 is 10.6 Å². The van der Waals surface area contributed by atoms with Crippen molar-refractivity contribution in [2.24, 2.45) is 5.41 Å². The lowest BCUT2D eigenvalue weighted by Crippen LogP contribution is -2.40. The van der Waals surface area contributed by atoms with Crippen LogP contribution in [0.15, 0.2) is 24.3 Å². The maximum Gasteiger partial charge on any atom is 0.227 e. The Morgan fingerprint density at radius 3 is 2.58 bits per heavy atom. The number of carbonyl (C=O) groups is 1. The summed E-state index contributed by atoms with van der Waals surface area (Å²) in [6.45, 7) is 8.74. The Morgan fingerprint density at radius 2 is 2.05 bits per heavy atom. The molecule has 1 aromatic rings. The van der Waals surface area contributed by atoms with Crippen LogP contribution in [0, 0.1) is 5.41 Å². The summed E-state index contributed by atoms with van der Waals surface area (Å²) in [5.41, 5.74) is 2.26. The van der Waals surface area contributed by atoms with Crippen LogP contribution in [-0.2, 0) is 11.3 Å². The summed E-state index contributed by atoms with van der Waals surface area (Å²) in [4.78, 5) is 12.2. The standard InChI is InChI=1S/C16H24N2O/c1-12(2)14-6-4-13(5-7-14)10-18-15(19)16(3)8-9-17-11-16/h4-7,12,17H,8-11H2,1-3H3,(H,18,19). The summed E-state index contributed by atoms with van der Waals surface area (Å²) in [5, 5.41) is 6.30. The van der Waals surface area contributed by atoms with Gasteiger partial charge in [-0.3, -0.25) is 4.79 Å². The first kappa shape index (κ1) is 14.1. The number of nitrogens with one attached hydrogen (secondary N) is 2. The van der Waals surface area contributed by atoms with Crippen LogP contribution in [-0.4, -0.2) is 19.0 Å². The van der Waals surface area contributed by atoms with Gasteiger partial charge in [-0.25, -0.2) is 0 Å². The lowest BCUT2D eigenvalue weighted by atomic mass is 9.89. The van der Waals surface area contributed by atoms with Crippen LogP contribution in [0.3, 0.4) is 0 Å². The number of carbonyl (C=O) groups excluding carboxylic acids is 1. The first-order chi connectivity index (χ1) is 9.01. The fraction of sp³-hybridized carbons (Fsp3) is 0.562. The Hall–Kier alpha value is -1.35. The maximum absolute atomic E-state index is 12.2. The lowest BCUT2D eigenvalue weighted by Gasteiger charge is -2.21. The molecule has 3 heteroatoms. The number of benzene rings is 1. The van der Waals surface area contributed by atoms with Crippen LogP contribution in [0.4, 0.5) is 0 Å². The number of hydrogen-bond donors (Lipinski definition) is 2. The summed E-state index contributed by atoms with van der Waals surface area (Å²) < 4.78 is 0. The van der Waals surface area contributed by atoms with Crippen molar-refractivity contribution >= 4 is 5.91 Å². The maximum atomic E-state index is 12.2. The molecule has 1 fully saturated rings. The molecule has 0 aromatic heterocycles. The van der Waals surface area contributed by atoms with Crippen LogP contribution in [0.25, 0.3) is 0 Å². The number of rotatable bonds is 4. The van der Waals surface area contributed by atoms with Crippen molar-refractivity contribution in [1.29, 1.82) is 0 Å². The van der Waals surface area contributed by atoms with E-state index in [0.717, 1.165) is 25.1 Å². The van der Waals surface area contributed by atoms with Gasteiger partial charge in [-0.1, -0.05) is 38.1 Å². The average Bonchev–Trinajstić information content (AvgIpc) is 2.84. The van der Waals surface area contributed by atoms with Crippen molar-refractivity contribution in [3.05, 3.63) is 35.4 Å². The van der Waals surface area contributed by atoms with Gasteiger partial charge in [0.15, 0.2) is 0 Å². The highest BCUT2D eigenvalue weighted by Crippen LogP contribution is 2.24. The summed E-state index contributed by atoms with van der Waals surface area (Å²) >= 11 is 0. The van der Waals surface area contributed by atoms with Crippen molar-refractivity contribution in [3.8, 4) is 0 Å². The predicted octanol–water partition coefficient (Wildman–Crippen LogP) is 2.43. The van der Waals surface area contributed by atoms with Crippen molar-refractivity contribution in [2.75, 3.05) is 13.1 Å². The average molecular weight is 260 g/mol. The topological polar surface area (TPSA) is 41.1 Å². The van der Waals surface area contributed by atoms with Crippen molar-refractivity contribution < 1.29 is 4.79 Å². The molecule has 1 aromatic carbocycles. The van der Waals surface area contributed by atoms with Gasteiger partial charge in [-0.05, 0) is 36.9 Å². The highest BCUT2D eigenvalue weighted by molar-refractivity contribution is 5.82. The van der Waals surface area contributed by atoms with Gasteiger partial charge in [0, 0.05) is 13.1 Å². The Bertz CT molecular complexity index is 431. The van der Waals surface area contributed by atoms with E-state index in [1.807, 2.05) is 6.92 Å². The van der Waals surface area contributed by atoms with E-state index in [-0.39, 0.29) is 11.3 Å². The molecular formula is C16H24N2O. The summed E-state index contributed by atoms with van der Waals surface area (Å²) in [5.74, 6) is 0.706. The summed E-state index contributed by atoms with van der Waals surface area (Å²) in [6.07, 6.45) is 0.922. The quantitative estimate of drug-likeness (QED) is 0.873. The van der Waals surface area contributed by atoms with Crippen LogP contribution < -0.4 is 10.6 Å². The van der Waals surface area contributed by atoms with Crippen molar-refractivity contribution in [1.82, 2.24) is 10.6 Å². The van der Waals surface area contributed by atoms with Crippen molar-refractivity contribution in [2.45, 2.75) is 39.7 Å². The van der Waals surface area contributed by atoms with Gasteiger partial charge in [-0.2, -0.15) is 0 Å². The largest absolute Gasteiger partial charge is 0.352 e. The molecule has 1 aliphatic heterocycles. The zero-order valence-corrected chi connectivity index (χ0v) is 12.1. The molecule has 1 aliphatic rings. The van der Waals surface area contributed by atoms with Crippen LogP contribution >= 0.6 is 0 Å². The predicted molar refractivity (Wildman–Crippen MR) is 78.0 cm³/mol. The Balaban J connectivity index is 1.90. The number of hydrogen-bond acceptors (Lipinski definition) is 2. The van der Waals surface area contributed by atoms with E-state index in [1.54, 1.807) is 0 Å². The molecule has 1 saturated heterocycles. The first-order valence-corrected chi connectivity index (χ1v) is 7.09. The van der Waals surface area contributed by atoms with Crippen LogP contribution in [0.1, 0.15) is 44.2 Å². The van der Waals surface area contributed by atoms with Crippen molar-refractivity contribution in [3.63, 3.8) is 0 Å². The van der Waals surface area contributed by atoms with Gasteiger partial charge in [0.25, 0.3) is 0 Å². The second-order valence-corrected chi connectivity index (χ2v) is 6.07. The smallest absolute Gasteiger partial charge is 0.227 e. The molecule has 1 unspecified atom stereocenters. The van der Waals surface area contributed by atoms with Gasteiger partial charge in [0.05, 0.1) is 5.41 Å². The summed E-state index contributed by atoms with van der Waals surface area (Å²) in [6, 6.07) is 8.49. The molecular weight excluding hydrogens is 236 g/mol. The molecule has 1 atom stereocenters. The third kappa shape index (κ3) is 3.35. The zero-order valence-electron chi connectivity index (χ0n) is 12.1. The molecule has 104 valence electrons. The third-order valence-electron chi connectivity index (χ3n) is 4.02. The molecule has 0 aliphatic carbocycles. The first-order valence-electron chi connectivity index (χ1n) is 7.09. The van der Waals surface area contributed by atoms with E-state index in [9.17, 15) is 4.79 Å². The molecule has 19 heavy (non-hydrogen) atoms. The van der Waals surface area contributed by atoms with E-state index >= 15 is 0 Å². The lowest BCUT2D eigenvalue weighted by molar-refractivity contribution is -0.129. The molecule has 1 amide bonds. The van der Waals surface area contributed by atoms with Crippen LogP contribution in [0.2, 0.25) is 0 Å². The Kier molecular flexibility index (Phi) is 4.25. The van der Waals surface area contributed by atoms with Gasteiger partial charge in [0.1, 0.15) is 0 Å². The van der Waals surface area contributed by atoms with Gasteiger partial charge >= 0.3 is 0 Å². The molecule has 2 N–H and O–H groups in total. The van der Waals surface area contributed by atoms with E-state index in [2.05, 4.69) is 48.7 Å². The summed E-state index contributed by atoms with van der Waals surface area (Å²) in [7, 11) is 0. The fourth-order valence-corrected chi connectivity index (χ4v) is 2.43. The highest BCUT2D eigenvalue weighted by Gasteiger charge is 2.35. The zero-order chi connectivity index (χ0) is 13.9. The minimum atomic E-state index is -0.238. The molecule has 0 radical (unpaired) electrons. The number of amides is 1. The molecule has 3 nitrogen and oxygen atoms in total. The van der Waals surface area contributed by atoms with E-state index < -0.39 is 0 Å². The molecule has 1 heterocycles. The fourth-order valence-electron chi connectivity index (χ4n) is 2.43. The van der Waals surface area contributed by atoms with E-state index in [4.69, 9.17) is 0 Å². The van der Waals surface area contributed by atoms with Gasteiger partial charge in [0.2, 0.25) is 5.91 Å². The van der Waals surface area contributed by atoms with Crippen LogP contribution in [0.5, 0.6) is 0 Å². The minimum Gasteiger partial charge on any atom is -0.352 e.